The Balaban J connectivity index is 1.25. The van der Waals surface area contributed by atoms with Crippen LogP contribution < -0.4 is 0 Å². The molecule has 0 spiro atoms. The Morgan fingerprint density at radius 3 is 1.29 bits per heavy atom. The van der Waals surface area contributed by atoms with Gasteiger partial charge >= 0.3 is 0 Å². The fraction of sp³-hybridized carbons (Fsp3) is 0. The molecule has 0 unspecified atom stereocenters. The first kappa shape index (κ1) is 28.9. The highest BCUT2D eigenvalue weighted by Crippen LogP contribution is 2.50. The summed E-state index contributed by atoms with van der Waals surface area (Å²) in [6.45, 7) is 0. The molecule has 11 rings (SSSR count). The maximum Gasteiger partial charge on any atom is 0.143 e. The van der Waals surface area contributed by atoms with Gasteiger partial charge in [0.25, 0.3) is 0 Å². The van der Waals surface area contributed by atoms with E-state index in [-0.39, 0.29) is 0 Å². The highest BCUT2D eigenvalue weighted by molar-refractivity contribution is 6.28. The third-order valence-corrected chi connectivity index (χ3v) is 10.8. The zero-order chi connectivity index (χ0) is 34.2. The summed E-state index contributed by atoms with van der Waals surface area (Å²) >= 11 is 0. The van der Waals surface area contributed by atoms with Crippen molar-refractivity contribution in [2.45, 2.75) is 0 Å². The van der Waals surface area contributed by atoms with Crippen molar-refractivity contribution < 1.29 is 8.83 Å². The Bertz CT molecular complexity index is 3050. The first-order chi connectivity index (χ1) is 25.8. The van der Waals surface area contributed by atoms with Gasteiger partial charge in [0.15, 0.2) is 0 Å². The van der Waals surface area contributed by atoms with Gasteiger partial charge in [0.1, 0.15) is 11.2 Å². The maximum absolute atomic E-state index is 7.00. The Morgan fingerprint density at radius 2 is 0.750 bits per heavy atom. The fourth-order valence-corrected chi connectivity index (χ4v) is 8.72. The van der Waals surface area contributed by atoms with Crippen LogP contribution in [0.2, 0.25) is 0 Å². The molecule has 11 aromatic rings. The number of hydrogen-bond acceptors (Lipinski definition) is 2. The van der Waals surface area contributed by atoms with Gasteiger partial charge in [0.05, 0.1) is 12.5 Å². The summed E-state index contributed by atoms with van der Waals surface area (Å²) in [5.41, 5.74) is 11.2. The molecular formula is C50H30O2. The smallest absolute Gasteiger partial charge is 0.143 e. The van der Waals surface area contributed by atoms with E-state index in [1.54, 1.807) is 6.26 Å². The largest absolute Gasteiger partial charge is 0.472 e. The second-order valence-electron chi connectivity index (χ2n) is 13.5. The second kappa shape index (κ2) is 11.3. The van der Waals surface area contributed by atoms with Gasteiger partial charge in [-0.05, 0) is 77.5 Å². The van der Waals surface area contributed by atoms with Gasteiger partial charge in [-0.25, -0.2) is 0 Å². The molecule has 0 N–H and O–H groups in total. The van der Waals surface area contributed by atoms with Crippen LogP contribution in [0.15, 0.2) is 191 Å². The van der Waals surface area contributed by atoms with E-state index in [2.05, 4.69) is 170 Å². The van der Waals surface area contributed by atoms with Crippen LogP contribution in [-0.2, 0) is 0 Å². The third kappa shape index (κ3) is 4.12. The van der Waals surface area contributed by atoms with E-state index in [9.17, 15) is 0 Å². The van der Waals surface area contributed by atoms with Gasteiger partial charge in [-0.3, -0.25) is 0 Å². The number of benzene rings is 9. The monoisotopic (exact) mass is 662 g/mol. The molecule has 0 saturated heterocycles. The van der Waals surface area contributed by atoms with Crippen molar-refractivity contribution >= 4 is 65.0 Å². The van der Waals surface area contributed by atoms with Gasteiger partial charge in [-0.1, -0.05) is 158 Å². The van der Waals surface area contributed by atoms with Crippen molar-refractivity contribution in [2.75, 3.05) is 0 Å². The van der Waals surface area contributed by atoms with Gasteiger partial charge in [-0.2, -0.15) is 0 Å². The standard InChI is InChI=1S/C50H30O2/c1-2-14-31(15-3-1)45-33-16-4-8-20-37(33)47(38-21-9-5-17-34(38)45)41-24-13-27-44-49(41)43-26-12-25-42(50(43)52-44)48-39-22-10-6-18-35(39)46(32-28-29-51-30-32)36-19-7-11-23-40(36)48/h1-30H. The van der Waals surface area contributed by atoms with E-state index in [0.29, 0.717) is 0 Å². The van der Waals surface area contributed by atoms with Crippen LogP contribution in [0.25, 0.3) is 110 Å². The van der Waals surface area contributed by atoms with Crippen molar-refractivity contribution in [3.8, 4) is 44.5 Å². The summed E-state index contributed by atoms with van der Waals surface area (Å²) in [6, 6.07) is 61.1. The van der Waals surface area contributed by atoms with Crippen LogP contribution in [0.3, 0.4) is 0 Å². The zero-order valence-electron chi connectivity index (χ0n) is 28.1. The van der Waals surface area contributed by atoms with Crippen molar-refractivity contribution in [1.29, 1.82) is 0 Å². The van der Waals surface area contributed by atoms with E-state index in [0.717, 1.165) is 33.1 Å². The Morgan fingerprint density at radius 1 is 0.308 bits per heavy atom. The number of para-hydroxylation sites is 1. The highest BCUT2D eigenvalue weighted by atomic mass is 16.3. The number of fused-ring (bicyclic) bond motifs is 7. The quantitative estimate of drug-likeness (QED) is 0.175. The molecule has 0 bridgehead atoms. The molecular weight excluding hydrogens is 633 g/mol. The van der Waals surface area contributed by atoms with Gasteiger partial charge < -0.3 is 8.83 Å². The van der Waals surface area contributed by atoms with Gasteiger partial charge in [0.2, 0.25) is 0 Å². The van der Waals surface area contributed by atoms with E-state index < -0.39 is 0 Å². The Kier molecular flexibility index (Phi) is 6.28. The average molecular weight is 663 g/mol. The lowest BCUT2D eigenvalue weighted by molar-refractivity contribution is 0.568. The molecule has 9 aromatic carbocycles. The normalized spacial score (nSPS) is 11.8. The molecule has 0 atom stereocenters. The van der Waals surface area contributed by atoms with Crippen molar-refractivity contribution in [1.82, 2.24) is 0 Å². The summed E-state index contributed by atoms with van der Waals surface area (Å²) in [7, 11) is 0. The fourth-order valence-electron chi connectivity index (χ4n) is 8.72. The molecule has 0 fully saturated rings. The molecule has 2 heterocycles. The van der Waals surface area contributed by atoms with Crippen LogP contribution >= 0.6 is 0 Å². The SMILES string of the molecule is c1ccc(-c2c3ccccc3c(-c3cccc4oc5c(-c6c7ccccc7c(-c7ccoc7)c7ccccc67)cccc5c34)c3ccccc23)cc1. The van der Waals surface area contributed by atoms with E-state index >= 15 is 0 Å². The van der Waals surface area contributed by atoms with E-state index in [4.69, 9.17) is 8.83 Å². The molecule has 0 aliphatic heterocycles. The van der Waals surface area contributed by atoms with E-state index in [1.807, 2.05) is 6.26 Å². The molecule has 0 saturated carbocycles. The van der Waals surface area contributed by atoms with Gasteiger partial charge in [0, 0.05) is 33.0 Å². The lowest BCUT2D eigenvalue weighted by Crippen LogP contribution is -1.91. The van der Waals surface area contributed by atoms with E-state index in [1.165, 1.54) is 76.5 Å². The molecule has 242 valence electrons. The van der Waals surface area contributed by atoms with Gasteiger partial charge in [-0.15, -0.1) is 0 Å². The first-order valence-corrected chi connectivity index (χ1v) is 17.7. The van der Waals surface area contributed by atoms with Crippen molar-refractivity contribution in [3.05, 3.63) is 182 Å². The molecule has 2 nitrogen and oxygen atoms in total. The Labute approximate surface area is 299 Å². The summed E-state index contributed by atoms with van der Waals surface area (Å²) in [4.78, 5) is 0. The minimum Gasteiger partial charge on any atom is -0.472 e. The molecule has 52 heavy (non-hydrogen) atoms. The minimum absolute atomic E-state index is 0.879. The molecule has 0 aliphatic rings. The molecule has 0 aliphatic carbocycles. The van der Waals surface area contributed by atoms with Crippen LogP contribution in [-0.4, -0.2) is 0 Å². The topological polar surface area (TPSA) is 26.3 Å². The predicted octanol–water partition coefficient (Wildman–Crippen LogP) is 14.5. The van der Waals surface area contributed by atoms with Crippen LogP contribution in [0, 0.1) is 0 Å². The number of furan rings is 2. The summed E-state index contributed by atoms with van der Waals surface area (Å²) in [5, 5.41) is 11.9. The number of rotatable bonds is 4. The Hall–Kier alpha value is -6.90. The van der Waals surface area contributed by atoms with Crippen molar-refractivity contribution in [3.63, 3.8) is 0 Å². The highest BCUT2D eigenvalue weighted by Gasteiger charge is 2.23. The first-order valence-electron chi connectivity index (χ1n) is 17.7. The van der Waals surface area contributed by atoms with Crippen LogP contribution in [0.4, 0.5) is 0 Å². The number of hydrogen-bond donors (Lipinski definition) is 0. The minimum atomic E-state index is 0.879. The molecule has 2 heteroatoms. The molecule has 0 amide bonds. The summed E-state index contributed by atoms with van der Waals surface area (Å²) < 4.78 is 12.6. The zero-order valence-corrected chi connectivity index (χ0v) is 28.1. The summed E-state index contributed by atoms with van der Waals surface area (Å²) in [5.74, 6) is 0. The second-order valence-corrected chi connectivity index (χ2v) is 13.5. The predicted molar refractivity (Wildman–Crippen MR) is 218 cm³/mol. The molecule has 2 aromatic heterocycles. The third-order valence-electron chi connectivity index (χ3n) is 10.8. The maximum atomic E-state index is 7.00. The summed E-state index contributed by atoms with van der Waals surface area (Å²) in [6.07, 6.45) is 3.59. The van der Waals surface area contributed by atoms with Crippen molar-refractivity contribution in [2.24, 2.45) is 0 Å². The van der Waals surface area contributed by atoms with Crippen LogP contribution in [0.1, 0.15) is 0 Å². The lowest BCUT2D eigenvalue weighted by Gasteiger charge is -2.18. The molecule has 0 radical (unpaired) electrons. The lowest BCUT2D eigenvalue weighted by atomic mass is 9.84. The van der Waals surface area contributed by atoms with Crippen LogP contribution in [0.5, 0.6) is 0 Å². The average Bonchev–Trinajstić information content (AvgIpc) is 3.88.